The highest BCUT2D eigenvalue weighted by Gasteiger charge is 2.06. The number of hydrogen-bond acceptors (Lipinski definition) is 3. The zero-order valence-electron chi connectivity index (χ0n) is 9.85. The number of hydrogen-bond donors (Lipinski definition) is 2. The fraction of sp³-hybridized carbons (Fsp3) is 0.308. The van der Waals surface area contributed by atoms with Gasteiger partial charge in [-0.15, -0.1) is 0 Å². The van der Waals surface area contributed by atoms with Crippen molar-refractivity contribution in [1.29, 1.82) is 0 Å². The van der Waals surface area contributed by atoms with Gasteiger partial charge in [0.1, 0.15) is 12.4 Å². The molecule has 0 aliphatic rings. The molecule has 0 radical (unpaired) electrons. The molecule has 0 unspecified atom stereocenters. The van der Waals surface area contributed by atoms with E-state index in [1.54, 1.807) is 37.3 Å². The van der Waals surface area contributed by atoms with Gasteiger partial charge in [0.05, 0.1) is 6.10 Å². The summed E-state index contributed by atoms with van der Waals surface area (Å²) in [6.45, 7) is 5.85. The Balaban J connectivity index is 2.54. The Hall–Kier alpha value is -1.81. The van der Waals surface area contributed by atoms with Crippen LogP contribution in [0.3, 0.4) is 0 Å². The van der Waals surface area contributed by atoms with Crippen molar-refractivity contribution in [2.75, 3.05) is 13.2 Å². The first-order chi connectivity index (χ1) is 8.13. The fourth-order valence-electron chi connectivity index (χ4n) is 1.20. The van der Waals surface area contributed by atoms with Crippen molar-refractivity contribution in [2.24, 2.45) is 0 Å². The maximum absolute atomic E-state index is 11.6. The van der Waals surface area contributed by atoms with E-state index in [0.29, 0.717) is 17.9 Å². The van der Waals surface area contributed by atoms with Crippen LogP contribution in [-0.4, -0.2) is 30.3 Å². The second-order valence-electron chi connectivity index (χ2n) is 3.68. The zero-order chi connectivity index (χ0) is 12.7. The van der Waals surface area contributed by atoms with E-state index in [1.807, 2.05) is 0 Å². The van der Waals surface area contributed by atoms with Gasteiger partial charge in [-0.2, -0.15) is 0 Å². The van der Waals surface area contributed by atoms with E-state index in [-0.39, 0.29) is 12.5 Å². The molecule has 0 saturated carbocycles. The molecule has 0 aliphatic carbocycles. The summed E-state index contributed by atoms with van der Waals surface area (Å²) in [5.74, 6) is 0.484. The van der Waals surface area contributed by atoms with Crippen LogP contribution in [0.2, 0.25) is 0 Å². The van der Waals surface area contributed by atoms with Crippen molar-refractivity contribution in [1.82, 2.24) is 5.32 Å². The predicted octanol–water partition coefficient (Wildman–Crippen LogP) is 1.36. The van der Waals surface area contributed by atoms with Gasteiger partial charge in [-0.05, 0) is 31.2 Å². The Bertz CT molecular complexity index is 371. The van der Waals surface area contributed by atoms with Gasteiger partial charge in [0.15, 0.2) is 0 Å². The minimum absolute atomic E-state index is 0.207. The molecule has 0 aromatic heterocycles. The number of benzene rings is 1. The third kappa shape index (κ3) is 4.70. The molecule has 1 rings (SSSR count). The number of carbonyl (C=O) groups is 1. The van der Waals surface area contributed by atoms with Gasteiger partial charge >= 0.3 is 0 Å². The van der Waals surface area contributed by atoms with E-state index < -0.39 is 6.10 Å². The number of aliphatic hydroxyl groups excluding tert-OH is 1. The van der Waals surface area contributed by atoms with Crippen LogP contribution in [0.5, 0.6) is 5.75 Å². The van der Waals surface area contributed by atoms with Crippen molar-refractivity contribution in [3.05, 3.63) is 42.5 Å². The molecule has 0 saturated heterocycles. The lowest BCUT2D eigenvalue weighted by atomic mass is 10.2. The number of nitrogens with one attached hydrogen (secondary N) is 1. The molecule has 0 heterocycles. The summed E-state index contributed by atoms with van der Waals surface area (Å²) in [6.07, 6.45) is 1.11. The van der Waals surface area contributed by atoms with E-state index >= 15 is 0 Å². The minimum atomic E-state index is -0.547. The van der Waals surface area contributed by atoms with Crippen LogP contribution in [0.1, 0.15) is 17.3 Å². The molecule has 4 heteroatoms. The van der Waals surface area contributed by atoms with Crippen molar-refractivity contribution in [2.45, 2.75) is 13.0 Å². The summed E-state index contributed by atoms with van der Waals surface area (Å²) in [5.41, 5.74) is 0.539. The Kier molecular flexibility index (Phi) is 5.23. The van der Waals surface area contributed by atoms with Crippen LogP contribution < -0.4 is 10.1 Å². The first-order valence-electron chi connectivity index (χ1n) is 5.43. The Morgan fingerprint density at radius 2 is 2.18 bits per heavy atom. The predicted molar refractivity (Wildman–Crippen MR) is 66.1 cm³/mol. The number of carbonyl (C=O) groups excluding carboxylic acids is 1. The SMILES string of the molecule is C=CCOc1ccc(C(=O)NC[C@@H](C)O)cc1. The molecule has 1 atom stereocenters. The van der Waals surface area contributed by atoms with E-state index in [1.165, 1.54) is 0 Å². The Labute approximate surface area is 101 Å². The largest absolute Gasteiger partial charge is 0.490 e. The van der Waals surface area contributed by atoms with E-state index in [9.17, 15) is 4.79 Å². The Morgan fingerprint density at radius 3 is 2.71 bits per heavy atom. The minimum Gasteiger partial charge on any atom is -0.490 e. The van der Waals surface area contributed by atoms with Crippen LogP contribution in [-0.2, 0) is 0 Å². The quantitative estimate of drug-likeness (QED) is 0.732. The lowest BCUT2D eigenvalue weighted by Crippen LogP contribution is -2.30. The topological polar surface area (TPSA) is 58.6 Å². The average Bonchev–Trinajstić information content (AvgIpc) is 2.34. The highest BCUT2D eigenvalue weighted by atomic mass is 16.5. The number of aliphatic hydroxyl groups is 1. The van der Waals surface area contributed by atoms with Gasteiger partial charge in [-0.25, -0.2) is 0 Å². The smallest absolute Gasteiger partial charge is 0.251 e. The summed E-state index contributed by atoms with van der Waals surface area (Å²) in [6, 6.07) is 6.80. The van der Waals surface area contributed by atoms with Gasteiger partial charge < -0.3 is 15.2 Å². The summed E-state index contributed by atoms with van der Waals surface area (Å²) < 4.78 is 5.30. The molecule has 0 aliphatic heterocycles. The van der Waals surface area contributed by atoms with E-state index in [0.717, 1.165) is 0 Å². The first-order valence-corrected chi connectivity index (χ1v) is 5.43. The zero-order valence-corrected chi connectivity index (χ0v) is 9.85. The molecule has 0 fully saturated rings. The van der Waals surface area contributed by atoms with Gasteiger partial charge in [0.2, 0.25) is 0 Å². The summed E-state index contributed by atoms with van der Waals surface area (Å²) in [5, 5.41) is 11.7. The molecular weight excluding hydrogens is 218 g/mol. The second kappa shape index (κ2) is 6.70. The Morgan fingerprint density at radius 1 is 1.53 bits per heavy atom. The third-order valence-electron chi connectivity index (χ3n) is 2.04. The number of amides is 1. The van der Waals surface area contributed by atoms with Crippen LogP contribution in [0, 0.1) is 0 Å². The maximum atomic E-state index is 11.6. The second-order valence-corrected chi connectivity index (χ2v) is 3.68. The lowest BCUT2D eigenvalue weighted by Gasteiger charge is -2.08. The molecule has 92 valence electrons. The summed E-state index contributed by atoms with van der Waals surface area (Å²) in [4.78, 5) is 11.6. The molecule has 17 heavy (non-hydrogen) atoms. The van der Waals surface area contributed by atoms with Crippen molar-refractivity contribution in [3.63, 3.8) is 0 Å². The van der Waals surface area contributed by atoms with Crippen molar-refractivity contribution < 1.29 is 14.6 Å². The fourth-order valence-corrected chi connectivity index (χ4v) is 1.20. The molecule has 1 aromatic rings. The normalized spacial score (nSPS) is 11.6. The van der Waals surface area contributed by atoms with Gasteiger partial charge in [0, 0.05) is 12.1 Å². The molecule has 0 bridgehead atoms. The van der Waals surface area contributed by atoms with Crippen LogP contribution in [0.15, 0.2) is 36.9 Å². The number of rotatable bonds is 6. The van der Waals surface area contributed by atoms with E-state index in [4.69, 9.17) is 9.84 Å². The monoisotopic (exact) mass is 235 g/mol. The van der Waals surface area contributed by atoms with Crippen LogP contribution in [0.4, 0.5) is 0 Å². The van der Waals surface area contributed by atoms with Crippen molar-refractivity contribution in [3.8, 4) is 5.75 Å². The average molecular weight is 235 g/mol. The highest BCUT2D eigenvalue weighted by Crippen LogP contribution is 2.12. The molecular formula is C13H17NO3. The van der Waals surface area contributed by atoms with Crippen molar-refractivity contribution >= 4 is 5.91 Å². The number of ether oxygens (including phenoxy) is 1. The maximum Gasteiger partial charge on any atom is 0.251 e. The molecule has 1 aromatic carbocycles. The lowest BCUT2D eigenvalue weighted by molar-refractivity contribution is 0.0924. The van der Waals surface area contributed by atoms with Gasteiger partial charge in [-0.1, -0.05) is 12.7 Å². The molecule has 4 nitrogen and oxygen atoms in total. The first kappa shape index (κ1) is 13.3. The van der Waals surface area contributed by atoms with Crippen LogP contribution in [0.25, 0.3) is 0 Å². The standard InChI is InChI=1S/C13H17NO3/c1-3-8-17-12-6-4-11(5-7-12)13(16)14-9-10(2)15/h3-7,10,15H,1,8-9H2,2H3,(H,14,16)/t10-/m1/s1. The van der Waals surface area contributed by atoms with E-state index in [2.05, 4.69) is 11.9 Å². The summed E-state index contributed by atoms with van der Waals surface area (Å²) in [7, 11) is 0. The third-order valence-corrected chi connectivity index (χ3v) is 2.04. The highest BCUT2D eigenvalue weighted by molar-refractivity contribution is 5.94. The molecule has 1 amide bonds. The van der Waals surface area contributed by atoms with Gasteiger partial charge in [0.25, 0.3) is 5.91 Å². The summed E-state index contributed by atoms with van der Waals surface area (Å²) >= 11 is 0. The molecule has 0 spiro atoms. The van der Waals surface area contributed by atoms with Gasteiger partial charge in [-0.3, -0.25) is 4.79 Å². The van der Waals surface area contributed by atoms with Crippen LogP contribution >= 0.6 is 0 Å². The molecule has 2 N–H and O–H groups in total.